The van der Waals surface area contributed by atoms with Crippen molar-refractivity contribution in [2.24, 2.45) is 5.10 Å². The third-order valence-electron chi connectivity index (χ3n) is 4.72. The number of anilines is 1. The quantitative estimate of drug-likeness (QED) is 0.312. The number of methoxy groups -OCH3 is 1. The minimum absolute atomic E-state index is 0.0195. The number of rotatable bonds is 10. The lowest BCUT2D eigenvalue weighted by molar-refractivity contribution is -0.119. The summed E-state index contributed by atoms with van der Waals surface area (Å²) < 4.78 is 38.1. The monoisotopic (exact) mass is 517 g/mol. The van der Waals surface area contributed by atoms with Crippen LogP contribution < -0.4 is 19.2 Å². The topological polar surface area (TPSA) is 118 Å². The Labute approximate surface area is 208 Å². The predicted octanol–water partition coefficient (Wildman–Crippen LogP) is 3.80. The highest BCUT2D eigenvalue weighted by atomic mass is 35.5. The number of hydrogen-bond acceptors (Lipinski definition) is 7. The number of phenols is 1. The van der Waals surface area contributed by atoms with Crippen LogP contribution in [0.3, 0.4) is 0 Å². The average Bonchev–Trinajstić information content (AvgIpc) is 2.84. The maximum absolute atomic E-state index is 13.4. The lowest BCUT2D eigenvalue weighted by atomic mass is 10.2. The first-order valence-corrected chi connectivity index (χ1v) is 12.3. The number of aromatic hydroxyl groups is 1. The summed E-state index contributed by atoms with van der Waals surface area (Å²) in [6, 6.07) is 16.6. The molecule has 0 aromatic heterocycles. The fraction of sp³-hybridized carbons (Fsp3) is 0.167. The molecule has 9 nitrogen and oxygen atoms in total. The highest BCUT2D eigenvalue weighted by Crippen LogP contribution is 2.28. The molecule has 0 aliphatic carbocycles. The number of nitrogens with zero attached hydrogens (tertiary/aromatic N) is 2. The van der Waals surface area contributed by atoms with Gasteiger partial charge in [-0.05, 0) is 73.2 Å². The second-order valence-electron chi connectivity index (χ2n) is 7.12. The molecular formula is C24H24ClN3O6S. The number of carbonyl (C=O) groups excluding carboxylic acids is 1. The largest absolute Gasteiger partial charge is 0.504 e. The lowest BCUT2D eigenvalue weighted by Gasteiger charge is -2.24. The van der Waals surface area contributed by atoms with Crippen molar-refractivity contribution in [1.29, 1.82) is 0 Å². The van der Waals surface area contributed by atoms with Gasteiger partial charge in [0.15, 0.2) is 11.5 Å². The molecule has 184 valence electrons. The van der Waals surface area contributed by atoms with Gasteiger partial charge in [0.1, 0.15) is 12.3 Å². The number of ether oxygens (including phenoxy) is 2. The molecule has 0 aliphatic rings. The van der Waals surface area contributed by atoms with Crippen molar-refractivity contribution in [1.82, 2.24) is 5.43 Å². The summed E-state index contributed by atoms with van der Waals surface area (Å²) in [5, 5.41) is 14.0. The van der Waals surface area contributed by atoms with Crippen LogP contribution in [-0.2, 0) is 14.8 Å². The minimum Gasteiger partial charge on any atom is -0.504 e. The van der Waals surface area contributed by atoms with Gasteiger partial charge in [-0.3, -0.25) is 9.10 Å². The number of phenolic OH excluding ortho intramolecular Hbond substituents is 1. The van der Waals surface area contributed by atoms with E-state index in [1.165, 1.54) is 55.8 Å². The molecule has 0 aliphatic heterocycles. The Kier molecular flexibility index (Phi) is 8.56. The van der Waals surface area contributed by atoms with Crippen molar-refractivity contribution in [2.75, 3.05) is 24.6 Å². The molecule has 0 bridgehead atoms. The Morgan fingerprint density at radius 1 is 1.14 bits per heavy atom. The van der Waals surface area contributed by atoms with Gasteiger partial charge in [0.2, 0.25) is 0 Å². The van der Waals surface area contributed by atoms with Crippen LogP contribution in [0, 0.1) is 0 Å². The molecule has 3 aromatic carbocycles. The Bertz CT molecular complexity index is 1310. The smallest absolute Gasteiger partial charge is 0.264 e. The van der Waals surface area contributed by atoms with Gasteiger partial charge < -0.3 is 14.6 Å². The molecule has 3 rings (SSSR count). The second-order valence-corrected chi connectivity index (χ2v) is 9.42. The van der Waals surface area contributed by atoms with Gasteiger partial charge in [-0.2, -0.15) is 5.10 Å². The third kappa shape index (κ3) is 6.65. The van der Waals surface area contributed by atoms with E-state index in [0.29, 0.717) is 22.9 Å². The number of hydrogen-bond donors (Lipinski definition) is 2. The summed E-state index contributed by atoms with van der Waals surface area (Å²) in [6.07, 6.45) is 1.35. The van der Waals surface area contributed by atoms with Crippen molar-refractivity contribution in [3.63, 3.8) is 0 Å². The predicted molar refractivity (Wildman–Crippen MR) is 134 cm³/mol. The van der Waals surface area contributed by atoms with E-state index in [4.69, 9.17) is 21.1 Å². The number of carbonyl (C=O) groups is 1. The van der Waals surface area contributed by atoms with E-state index < -0.39 is 22.5 Å². The summed E-state index contributed by atoms with van der Waals surface area (Å²) in [6.45, 7) is 1.60. The van der Waals surface area contributed by atoms with E-state index in [-0.39, 0.29) is 22.1 Å². The Morgan fingerprint density at radius 2 is 1.89 bits per heavy atom. The van der Waals surface area contributed by atoms with E-state index in [1.54, 1.807) is 31.2 Å². The summed E-state index contributed by atoms with van der Waals surface area (Å²) in [4.78, 5) is 12.6. The van der Waals surface area contributed by atoms with Crippen LogP contribution in [0.4, 0.5) is 5.69 Å². The van der Waals surface area contributed by atoms with Crippen molar-refractivity contribution >= 4 is 39.4 Å². The molecule has 0 fully saturated rings. The van der Waals surface area contributed by atoms with E-state index >= 15 is 0 Å². The normalized spacial score (nSPS) is 11.3. The van der Waals surface area contributed by atoms with Crippen LogP contribution in [0.5, 0.6) is 17.2 Å². The number of amides is 1. The molecule has 0 saturated carbocycles. The van der Waals surface area contributed by atoms with Crippen molar-refractivity contribution in [2.45, 2.75) is 11.8 Å². The van der Waals surface area contributed by atoms with Crippen molar-refractivity contribution in [3.8, 4) is 17.2 Å². The Hall–Kier alpha value is -3.76. The second kappa shape index (κ2) is 11.6. The first kappa shape index (κ1) is 25.9. The fourth-order valence-corrected chi connectivity index (χ4v) is 4.65. The first-order chi connectivity index (χ1) is 16.7. The molecule has 0 radical (unpaired) electrons. The van der Waals surface area contributed by atoms with Gasteiger partial charge in [0.05, 0.1) is 30.5 Å². The van der Waals surface area contributed by atoms with Gasteiger partial charge in [0, 0.05) is 5.02 Å². The standard InChI is InChI=1S/C24H24ClN3O6S/c1-3-34-23-13-17(7-12-22(23)29)15-26-27-24(30)16-28(19-6-4-5-18(25)14-19)35(31,32)21-10-8-20(33-2)9-11-21/h4-15,29H,3,16H2,1-2H3,(H,27,30)/b26-15-. The Morgan fingerprint density at radius 3 is 2.54 bits per heavy atom. The van der Waals surface area contributed by atoms with Crippen LogP contribution in [0.2, 0.25) is 5.02 Å². The highest BCUT2D eigenvalue weighted by Gasteiger charge is 2.27. The van der Waals surface area contributed by atoms with Gasteiger partial charge in [-0.1, -0.05) is 17.7 Å². The van der Waals surface area contributed by atoms with Crippen molar-refractivity contribution < 1.29 is 27.8 Å². The minimum atomic E-state index is -4.12. The molecule has 3 aromatic rings. The maximum Gasteiger partial charge on any atom is 0.264 e. The summed E-state index contributed by atoms with van der Waals surface area (Å²) in [5.41, 5.74) is 3.10. The molecule has 0 unspecified atom stereocenters. The molecule has 2 N–H and O–H groups in total. The zero-order valence-electron chi connectivity index (χ0n) is 19.0. The number of hydrazone groups is 1. The molecule has 1 amide bonds. The van der Waals surface area contributed by atoms with Crippen LogP contribution in [0.1, 0.15) is 12.5 Å². The zero-order chi connectivity index (χ0) is 25.4. The molecule has 11 heteroatoms. The van der Waals surface area contributed by atoms with Gasteiger partial charge in [-0.15, -0.1) is 0 Å². The van der Waals surface area contributed by atoms with Crippen LogP contribution in [0.15, 0.2) is 76.7 Å². The Balaban J connectivity index is 1.82. The lowest BCUT2D eigenvalue weighted by Crippen LogP contribution is -2.39. The summed E-state index contributed by atoms with van der Waals surface area (Å²) >= 11 is 6.07. The maximum atomic E-state index is 13.4. The van der Waals surface area contributed by atoms with Crippen molar-refractivity contribution in [3.05, 3.63) is 77.3 Å². The molecule has 0 spiro atoms. The molecule has 0 saturated heterocycles. The number of benzene rings is 3. The fourth-order valence-electron chi connectivity index (χ4n) is 3.05. The van der Waals surface area contributed by atoms with Crippen LogP contribution >= 0.6 is 11.6 Å². The van der Waals surface area contributed by atoms with E-state index in [2.05, 4.69) is 10.5 Å². The molecule has 0 heterocycles. The first-order valence-electron chi connectivity index (χ1n) is 10.4. The van der Waals surface area contributed by atoms with Crippen LogP contribution in [-0.4, -0.2) is 45.9 Å². The van der Waals surface area contributed by atoms with Crippen LogP contribution in [0.25, 0.3) is 0 Å². The number of nitrogens with one attached hydrogen (secondary N) is 1. The van der Waals surface area contributed by atoms with Gasteiger partial charge in [-0.25, -0.2) is 13.8 Å². The van der Waals surface area contributed by atoms with E-state index in [9.17, 15) is 18.3 Å². The van der Waals surface area contributed by atoms with E-state index in [0.717, 1.165) is 4.31 Å². The third-order valence-corrected chi connectivity index (χ3v) is 6.74. The van der Waals surface area contributed by atoms with Gasteiger partial charge >= 0.3 is 0 Å². The molecule has 0 atom stereocenters. The van der Waals surface area contributed by atoms with Gasteiger partial charge in [0.25, 0.3) is 15.9 Å². The average molecular weight is 518 g/mol. The highest BCUT2D eigenvalue weighted by molar-refractivity contribution is 7.92. The zero-order valence-corrected chi connectivity index (χ0v) is 20.6. The SMILES string of the molecule is CCOc1cc(/C=N\NC(=O)CN(c2cccc(Cl)c2)S(=O)(=O)c2ccc(OC)cc2)ccc1O. The number of sulfonamides is 1. The number of halogens is 1. The molecular weight excluding hydrogens is 494 g/mol. The molecule has 35 heavy (non-hydrogen) atoms. The summed E-state index contributed by atoms with van der Waals surface area (Å²) in [5.74, 6) is 0.0728. The van der Waals surface area contributed by atoms with E-state index in [1.807, 2.05) is 0 Å². The summed E-state index contributed by atoms with van der Waals surface area (Å²) in [7, 11) is -2.65.